The lowest BCUT2D eigenvalue weighted by Crippen LogP contribution is -2.24. The monoisotopic (exact) mass is 381 g/mol. The molecule has 28 heavy (non-hydrogen) atoms. The molecule has 138 valence electrons. The Balaban J connectivity index is 1.77. The lowest BCUT2D eigenvalue weighted by molar-refractivity contribution is 0.839. The van der Waals surface area contributed by atoms with Gasteiger partial charge in [0.2, 0.25) is 0 Å². The minimum absolute atomic E-state index is 0.434. The fourth-order valence-electron chi connectivity index (χ4n) is 5.29. The fourth-order valence-corrected chi connectivity index (χ4v) is 6.40. The minimum atomic E-state index is 0.434. The zero-order chi connectivity index (χ0) is 19.0. The third-order valence-corrected chi connectivity index (χ3v) is 7.80. The highest BCUT2D eigenvalue weighted by Crippen LogP contribution is 2.39. The number of anilines is 1. The van der Waals surface area contributed by atoms with E-state index in [1.54, 1.807) is 0 Å². The highest BCUT2D eigenvalue weighted by atomic mass is 32.1. The molecule has 1 nitrogen and oxygen atoms in total. The topological polar surface area (TPSA) is 12.0 Å². The van der Waals surface area contributed by atoms with Gasteiger partial charge >= 0.3 is 0 Å². The van der Waals surface area contributed by atoms with Crippen molar-refractivity contribution < 1.29 is 0 Å². The molecule has 4 aromatic rings. The Bertz CT molecular complexity index is 1410. The van der Waals surface area contributed by atoms with E-state index in [1.165, 1.54) is 58.6 Å². The van der Waals surface area contributed by atoms with Gasteiger partial charge < -0.3 is 5.32 Å². The van der Waals surface area contributed by atoms with Gasteiger partial charge in [-0.15, -0.1) is 11.3 Å². The van der Waals surface area contributed by atoms with Crippen LogP contribution in [0.1, 0.15) is 31.9 Å². The van der Waals surface area contributed by atoms with Gasteiger partial charge in [-0.05, 0) is 54.0 Å². The summed E-state index contributed by atoms with van der Waals surface area (Å²) in [5.41, 5.74) is 7.20. The molecule has 1 aliphatic carbocycles. The number of thiophene rings is 1. The summed E-state index contributed by atoms with van der Waals surface area (Å²) in [6.07, 6.45) is 1.12. The largest absolute Gasteiger partial charge is 0.382 e. The second kappa shape index (κ2) is 5.71. The molecule has 2 atom stereocenters. The van der Waals surface area contributed by atoms with Crippen molar-refractivity contribution >= 4 is 48.3 Å². The van der Waals surface area contributed by atoms with E-state index in [-0.39, 0.29) is 0 Å². The van der Waals surface area contributed by atoms with Crippen molar-refractivity contribution in [3.05, 3.63) is 76.2 Å². The molecule has 0 bridgehead atoms. The quantitative estimate of drug-likeness (QED) is 0.463. The first-order valence-electron chi connectivity index (χ1n) is 10.2. The molecule has 2 heterocycles. The molecule has 2 aliphatic rings. The van der Waals surface area contributed by atoms with Crippen molar-refractivity contribution in [1.82, 2.24) is 0 Å². The molecule has 0 amide bonds. The molecule has 2 unspecified atom stereocenters. The van der Waals surface area contributed by atoms with E-state index in [2.05, 4.69) is 80.7 Å². The van der Waals surface area contributed by atoms with Crippen LogP contribution in [0.25, 0.3) is 31.3 Å². The Morgan fingerprint density at radius 3 is 2.68 bits per heavy atom. The Hall–Kier alpha value is -2.58. The maximum Gasteiger partial charge on any atom is 0.0452 e. The van der Waals surface area contributed by atoms with Gasteiger partial charge in [0.15, 0.2) is 0 Å². The smallest absolute Gasteiger partial charge is 0.0452 e. The molecule has 0 radical (unpaired) electrons. The van der Waals surface area contributed by atoms with Crippen LogP contribution in [0.3, 0.4) is 0 Å². The van der Waals surface area contributed by atoms with Crippen LogP contribution >= 0.6 is 11.3 Å². The first kappa shape index (κ1) is 16.4. The van der Waals surface area contributed by atoms with Crippen LogP contribution in [0.5, 0.6) is 0 Å². The molecule has 0 fully saturated rings. The molecule has 6 rings (SSSR count). The van der Waals surface area contributed by atoms with Gasteiger partial charge in [-0.3, -0.25) is 0 Å². The van der Waals surface area contributed by atoms with Gasteiger partial charge in [-0.2, -0.15) is 0 Å². The highest BCUT2D eigenvalue weighted by molar-refractivity contribution is 7.25. The van der Waals surface area contributed by atoms with Crippen molar-refractivity contribution in [2.45, 2.75) is 33.2 Å². The van der Waals surface area contributed by atoms with Crippen LogP contribution in [-0.2, 0) is 6.42 Å². The highest BCUT2D eigenvalue weighted by Gasteiger charge is 2.27. The van der Waals surface area contributed by atoms with Crippen molar-refractivity contribution in [3.8, 4) is 0 Å². The van der Waals surface area contributed by atoms with Crippen molar-refractivity contribution in [2.75, 3.05) is 5.32 Å². The maximum absolute atomic E-state index is 3.74. The number of nitrogens with one attached hydrogen (secondary N) is 1. The van der Waals surface area contributed by atoms with Gasteiger partial charge in [0, 0.05) is 43.4 Å². The van der Waals surface area contributed by atoms with Crippen molar-refractivity contribution in [1.29, 1.82) is 0 Å². The molecule has 0 saturated heterocycles. The van der Waals surface area contributed by atoms with Crippen LogP contribution in [0.4, 0.5) is 5.69 Å². The van der Waals surface area contributed by atoms with E-state index in [1.807, 2.05) is 11.3 Å². The molecule has 2 heteroatoms. The lowest BCUT2D eigenvalue weighted by Gasteiger charge is -2.17. The van der Waals surface area contributed by atoms with E-state index in [0.29, 0.717) is 12.0 Å². The molecule has 3 aromatic carbocycles. The first-order chi connectivity index (χ1) is 13.6. The average Bonchev–Trinajstić information content (AvgIpc) is 3.33. The summed E-state index contributed by atoms with van der Waals surface area (Å²) in [6, 6.07) is 20.9. The summed E-state index contributed by atoms with van der Waals surface area (Å²) in [5, 5.41) is 9.49. The van der Waals surface area contributed by atoms with Crippen LogP contribution in [0.2, 0.25) is 0 Å². The molecule has 0 saturated carbocycles. The van der Waals surface area contributed by atoms with E-state index in [9.17, 15) is 0 Å². The van der Waals surface area contributed by atoms with Crippen molar-refractivity contribution in [2.24, 2.45) is 5.92 Å². The van der Waals surface area contributed by atoms with Gasteiger partial charge in [0.1, 0.15) is 0 Å². The summed E-state index contributed by atoms with van der Waals surface area (Å²) < 4.78 is 2.79. The zero-order valence-corrected chi connectivity index (χ0v) is 17.3. The number of hydrogen-bond acceptors (Lipinski definition) is 2. The molecular weight excluding hydrogens is 358 g/mol. The summed E-state index contributed by atoms with van der Waals surface area (Å²) >= 11 is 1.91. The summed E-state index contributed by atoms with van der Waals surface area (Å²) in [7, 11) is 0. The standard InChI is InChI=1S/C26H23NS/c1-14-13-17-7-6-9-20(26(17)27-14)23-15(2)16(3)24-19(23)11-12-22-25(24)18-8-4-5-10-21(18)28-22/h4-12,14-15,27H,13H2,1-3H3. The van der Waals surface area contributed by atoms with E-state index < -0.39 is 0 Å². The van der Waals surface area contributed by atoms with Crippen molar-refractivity contribution in [3.63, 3.8) is 0 Å². The van der Waals surface area contributed by atoms with Crippen LogP contribution in [0, 0.1) is 5.92 Å². The van der Waals surface area contributed by atoms with E-state index in [0.717, 1.165) is 6.42 Å². The molecular formula is C26H23NS. The predicted octanol–water partition coefficient (Wildman–Crippen LogP) is 5.43. The van der Waals surface area contributed by atoms with Gasteiger partial charge in [0.25, 0.3) is 0 Å². The number of benzene rings is 3. The summed E-state index contributed by atoms with van der Waals surface area (Å²) in [6.45, 7) is 6.99. The van der Waals surface area contributed by atoms with Gasteiger partial charge in [0.05, 0.1) is 0 Å². The normalized spacial score (nSPS) is 20.7. The SMILES string of the molecule is CC1=c2c(ccc3sc4ccccc4c23)=C(c2cccc3c2NC(C)C3)C1C. The number of rotatable bonds is 1. The number of hydrogen-bond donors (Lipinski definition) is 1. The summed E-state index contributed by atoms with van der Waals surface area (Å²) in [4.78, 5) is 0. The predicted molar refractivity (Wildman–Crippen MR) is 123 cm³/mol. The van der Waals surface area contributed by atoms with Crippen LogP contribution in [0.15, 0.2) is 54.6 Å². The first-order valence-corrected chi connectivity index (χ1v) is 11.0. The fraction of sp³-hybridized carbons (Fsp3) is 0.231. The molecule has 1 aliphatic heterocycles. The number of para-hydroxylation sites is 1. The Morgan fingerprint density at radius 2 is 1.79 bits per heavy atom. The zero-order valence-electron chi connectivity index (χ0n) is 16.5. The molecule has 1 N–H and O–H groups in total. The van der Waals surface area contributed by atoms with Crippen LogP contribution in [-0.4, -0.2) is 6.04 Å². The number of fused-ring (bicyclic) bond motifs is 6. The maximum atomic E-state index is 3.74. The second-order valence-corrected chi connectivity index (χ2v) is 9.45. The third kappa shape index (κ3) is 2.07. The molecule has 1 aromatic heterocycles. The Morgan fingerprint density at radius 1 is 0.929 bits per heavy atom. The van der Waals surface area contributed by atoms with Gasteiger partial charge in [-0.1, -0.05) is 55.0 Å². The summed E-state index contributed by atoms with van der Waals surface area (Å²) in [5.74, 6) is 0.434. The average molecular weight is 382 g/mol. The minimum Gasteiger partial charge on any atom is -0.382 e. The Labute approximate surface area is 169 Å². The van der Waals surface area contributed by atoms with Crippen LogP contribution < -0.4 is 15.8 Å². The lowest BCUT2D eigenvalue weighted by atomic mass is 9.90. The second-order valence-electron chi connectivity index (χ2n) is 8.37. The third-order valence-electron chi connectivity index (χ3n) is 6.67. The molecule has 0 spiro atoms. The Kier molecular flexibility index (Phi) is 3.34. The van der Waals surface area contributed by atoms with Gasteiger partial charge in [-0.25, -0.2) is 0 Å². The van der Waals surface area contributed by atoms with E-state index in [4.69, 9.17) is 0 Å². The van der Waals surface area contributed by atoms with E-state index >= 15 is 0 Å².